The fraction of sp³-hybridized carbons (Fsp3) is 0.759. The van der Waals surface area contributed by atoms with E-state index in [2.05, 4.69) is 60.0 Å². The first-order chi connectivity index (χ1) is 28.7. The molecule has 0 aromatic heterocycles. The molecule has 3 aliphatic heterocycles. The van der Waals surface area contributed by atoms with Crippen LogP contribution in [0, 0.1) is 35.1 Å². The van der Waals surface area contributed by atoms with E-state index in [1.165, 1.54) is 81.8 Å². The van der Waals surface area contributed by atoms with Crippen molar-refractivity contribution in [2.75, 3.05) is 0 Å². The van der Waals surface area contributed by atoms with E-state index in [1.54, 1.807) is 5.98 Å². The van der Waals surface area contributed by atoms with Crippen molar-refractivity contribution in [2.45, 2.75) is 257 Å². The first-order valence-corrected chi connectivity index (χ1v) is 24.2. The molecule has 16 heteroatoms. The standard InChI is InChI=1S/C14H23BF2O2.C13H23BO2.C8H15BO2.C7H12.C6H10O.C2H4.4CH3.4Y/c1-11(2)12(3,4)19-15(18-11)10-13(14(10,16)17)8-6-5-7-9-13;1-12(2)13(3,4)16-14(15-12)10-11-8-6-5-7-9-11;1-6-9-10-7(2,3)8(4,5)11-9;1-7-5-3-2-4-6-7;7-6-4-2-1-3-5-6;1-2;;;;;;;;/h10H,5-9H2,1-4H3;10H,5-9H2,1-4H3;6H,1H2,2-5H3;1-6H2;1-5H2;1-2H2;4*1H3;;;;/q;;;;;;4*-1;;;;. The van der Waals surface area contributed by atoms with Gasteiger partial charge in [0.1, 0.15) is 5.78 Å². The van der Waals surface area contributed by atoms with E-state index in [0.717, 1.165) is 44.9 Å². The van der Waals surface area contributed by atoms with Crippen LogP contribution in [-0.4, -0.2) is 66.7 Å². The summed E-state index contributed by atoms with van der Waals surface area (Å²) < 4.78 is 63.4. The number of alkyl halides is 2. The van der Waals surface area contributed by atoms with Crippen LogP contribution in [0.5, 0.6) is 0 Å². The summed E-state index contributed by atoms with van der Waals surface area (Å²) in [7, 11) is -1.14. The molecule has 5 saturated carbocycles. The van der Waals surface area contributed by atoms with Gasteiger partial charge in [-0.15, -0.1) is 19.7 Å². The number of halogens is 2. The number of ketones is 1. The molecule has 3 heterocycles. The van der Waals surface area contributed by atoms with Crippen molar-refractivity contribution >= 4 is 27.1 Å². The van der Waals surface area contributed by atoms with Crippen LogP contribution in [0.15, 0.2) is 49.4 Å². The zero-order valence-electron chi connectivity index (χ0n) is 47.9. The summed E-state index contributed by atoms with van der Waals surface area (Å²) in [6, 6.07) is 0. The molecule has 8 aliphatic rings. The summed E-state index contributed by atoms with van der Waals surface area (Å²) in [4.78, 5) is 10.5. The van der Waals surface area contributed by atoms with Crippen LogP contribution in [-0.2, 0) is 164 Å². The minimum absolute atomic E-state index is 0. The molecule has 7 nitrogen and oxygen atoms in total. The molecule has 396 valence electrons. The monoisotopic (exact) mass is 1290 g/mol. The van der Waals surface area contributed by atoms with Gasteiger partial charge in [-0.1, -0.05) is 68.2 Å². The van der Waals surface area contributed by atoms with Gasteiger partial charge in [-0.3, -0.25) is 4.79 Å². The van der Waals surface area contributed by atoms with Crippen molar-refractivity contribution in [1.29, 1.82) is 0 Å². The third-order valence-corrected chi connectivity index (χ3v) is 15.4. The molecule has 3 saturated heterocycles. The van der Waals surface area contributed by atoms with Gasteiger partial charge in [-0.2, -0.15) is 0 Å². The van der Waals surface area contributed by atoms with Gasteiger partial charge in [0.2, 0.25) is 0 Å². The second kappa shape index (κ2) is 36.2. The van der Waals surface area contributed by atoms with E-state index in [1.807, 2.05) is 55.4 Å². The van der Waals surface area contributed by atoms with Gasteiger partial charge in [0.05, 0.1) is 39.4 Å². The van der Waals surface area contributed by atoms with Crippen LogP contribution < -0.4 is 0 Å². The Morgan fingerprint density at radius 3 is 1.07 bits per heavy atom. The smallest absolute Gasteiger partial charge is 0.403 e. The quantitative estimate of drug-likeness (QED) is 0.158. The van der Waals surface area contributed by atoms with Crippen molar-refractivity contribution in [3.05, 3.63) is 79.1 Å². The predicted octanol–water partition coefficient (Wildman–Crippen LogP) is 16.0. The first-order valence-electron chi connectivity index (χ1n) is 24.2. The largest absolute Gasteiger partial charge is 0.487 e. The Labute approximate surface area is 534 Å². The summed E-state index contributed by atoms with van der Waals surface area (Å²) in [5.74, 6) is 0.980. The van der Waals surface area contributed by atoms with E-state index < -0.39 is 35.5 Å². The van der Waals surface area contributed by atoms with Crippen molar-refractivity contribution in [2.24, 2.45) is 5.41 Å². The van der Waals surface area contributed by atoms with Crippen molar-refractivity contribution in [3.63, 3.8) is 0 Å². The third kappa shape index (κ3) is 22.9. The average Bonchev–Trinajstić information content (AvgIpc) is 3.30. The fourth-order valence-electron chi connectivity index (χ4n) is 9.13. The Balaban J connectivity index is -0.000000184. The zero-order valence-corrected chi connectivity index (χ0v) is 59.2. The molecule has 1 atom stereocenters. The van der Waals surface area contributed by atoms with Crippen molar-refractivity contribution in [3.8, 4) is 0 Å². The molecule has 8 rings (SSSR count). The normalized spacial score (nSPS) is 25.5. The molecule has 0 aromatic rings. The SMILES string of the molecule is C=C.C=C1CCCCC1.C=CB1OC(C)(C)C(C)(C)O1.CC1(C)OB(C2C(F)(F)C23CCCCC3)OC1(C)C.CC1(C)OB(C=C2CCCCC2)OC1(C)C.O=C1CCCCC1.[CH3-].[CH3-].[CH3-].[CH3-].[Y].[Y].[Y].[Y]. The van der Waals surface area contributed by atoms with E-state index in [0.29, 0.717) is 18.6 Å². The molecular weight excluding hydrogens is 1190 g/mol. The molecule has 0 bridgehead atoms. The molecule has 5 aliphatic carbocycles. The van der Waals surface area contributed by atoms with Crippen LogP contribution in [0.1, 0.15) is 212 Å². The van der Waals surface area contributed by atoms with Crippen molar-refractivity contribution < 1.29 is 172 Å². The van der Waals surface area contributed by atoms with Gasteiger partial charge in [-0.05, 0) is 160 Å². The number of carbonyl (C=O) groups excluding carboxylic acids is 1. The minimum atomic E-state index is -2.62. The molecule has 0 N–H and O–H groups in total. The molecule has 1 spiro atoms. The summed E-state index contributed by atoms with van der Waals surface area (Å²) in [6.45, 7) is 37.7. The van der Waals surface area contributed by atoms with E-state index in [4.69, 9.17) is 27.9 Å². The third-order valence-electron chi connectivity index (χ3n) is 15.4. The molecule has 70 heavy (non-hydrogen) atoms. The maximum absolute atomic E-state index is 14.3. The molecule has 0 aromatic carbocycles. The average molecular weight is 1290 g/mol. The van der Waals surface area contributed by atoms with Crippen LogP contribution in [0.25, 0.3) is 0 Å². The van der Waals surface area contributed by atoms with Crippen molar-refractivity contribution in [1.82, 2.24) is 0 Å². The van der Waals surface area contributed by atoms with Gasteiger partial charge in [0.15, 0.2) is 0 Å². The van der Waals surface area contributed by atoms with E-state index in [-0.39, 0.29) is 197 Å². The Morgan fingerprint density at radius 1 is 0.486 bits per heavy atom. The maximum atomic E-state index is 14.3. The maximum Gasteiger partial charge on any atom is 0.487 e. The van der Waals surface area contributed by atoms with Gasteiger partial charge < -0.3 is 57.6 Å². The molecule has 0 amide bonds. The number of hydrogen-bond acceptors (Lipinski definition) is 7. The zero-order chi connectivity index (χ0) is 46.8. The number of rotatable bonds is 3. The van der Waals surface area contributed by atoms with Crippen LogP contribution in [0.2, 0.25) is 5.82 Å². The number of hydrogen-bond donors (Lipinski definition) is 0. The van der Waals surface area contributed by atoms with Gasteiger partial charge in [0.25, 0.3) is 5.92 Å². The fourth-order valence-corrected chi connectivity index (χ4v) is 9.13. The van der Waals surface area contributed by atoms with Crippen LogP contribution >= 0.6 is 0 Å². The van der Waals surface area contributed by atoms with Gasteiger partial charge >= 0.3 is 21.4 Å². The predicted molar refractivity (Wildman–Crippen MR) is 281 cm³/mol. The van der Waals surface area contributed by atoms with Crippen LogP contribution in [0.4, 0.5) is 8.78 Å². The Kier molecular flexibility index (Phi) is 43.5. The van der Waals surface area contributed by atoms with Gasteiger partial charge in [0, 0.05) is 149 Å². The molecule has 8 fully saturated rings. The summed E-state index contributed by atoms with van der Waals surface area (Å²) in [6.07, 6.45) is 22.6. The van der Waals surface area contributed by atoms with E-state index >= 15 is 0 Å². The topological polar surface area (TPSA) is 72.5 Å². The summed E-state index contributed by atoms with van der Waals surface area (Å²) in [5.41, 5.74) is 0.228. The second-order valence-electron chi connectivity index (χ2n) is 21.7. The van der Waals surface area contributed by atoms with Crippen LogP contribution in [0.3, 0.4) is 0 Å². The number of allylic oxidation sites excluding steroid dienone is 2. The Hall–Kier alpha value is 2.86. The second-order valence-corrected chi connectivity index (χ2v) is 21.7. The van der Waals surface area contributed by atoms with E-state index in [9.17, 15) is 13.6 Å². The Morgan fingerprint density at radius 2 is 0.786 bits per heavy atom. The van der Waals surface area contributed by atoms with Gasteiger partial charge in [-0.25, -0.2) is 8.78 Å². The molecular formula is C54H99B3F2O7Y4-4. The number of Topliss-reactive ketones (excluding diaryl/α,β-unsaturated/α-hetero) is 1. The summed E-state index contributed by atoms with van der Waals surface area (Å²) in [5, 5.41) is 0. The molecule has 1 unspecified atom stereocenters. The Bertz CT molecular complexity index is 1430. The number of carbonyl (C=O) groups is 1. The first kappa shape index (κ1) is 84.2. The summed E-state index contributed by atoms with van der Waals surface area (Å²) >= 11 is 0. The minimum Gasteiger partial charge on any atom is -0.403 e. The molecule has 4 radical (unpaired) electrons.